The van der Waals surface area contributed by atoms with Gasteiger partial charge in [-0.15, -0.1) is 0 Å². The molecule has 3 N–H and O–H groups in total. The third-order valence-electron chi connectivity index (χ3n) is 2.84. The quantitative estimate of drug-likeness (QED) is 0.705. The molecule has 0 saturated carbocycles. The van der Waals surface area contributed by atoms with E-state index in [0.29, 0.717) is 12.1 Å². The third kappa shape index (κ3) is 4.90. The van der Waals surface area contributed by atoms with Gasteiger partial charge in [0.15, 0.2) is 0 Å². The topological polar surface area (TPSA) is 104 Å². The van der Waals surface area contributed by atoms with Gasteiger partial charge in [0.05, 0.1) is 12.2 Å². The number of carbonyl (C=O) groups is 2. The van der Waals surface area contributed by atoms with E-state index < -0.39 is 18.0 Å². The predicted octanol–water partition coefficient (Wildman–Crippen LogP) is 0.775. The van der Waals surface area contributed by atoms with Crippen molar-refractivity contribution in [2.75, 3.05) is 0 Å². The Hall–Kier alpha value is -2.18. The van der Waals surface area contributed by atoms with E-state index in [-0.39, 0.29) is 12.5 Å². The molecule has 2 atom stereocenters. The molecule has 2 amide bonds. The Bertz CT molecular complexity index is 424. The zero-order valence-corrected chi connectivity index (χ0v) is 11.0. The first kappa shape index (κ1) is 14.9. The molecular weight excluding hydrogens is 248 g/mol. The van der Waals surface area contributed by atoms with Crippen molar-refractivity contribution in [2.45, 2.75) is 32.9 Å². The molecule has 0 radical (unpaired) electrons. The standard InChI is InChI=1S/C12H18N4O3/c1-3-8(2)10(11(17)18)16-12(19)14-6-9-4-5-13-7-15-9/h4-5,7-8,10H,3,6H2,1-2H3,(H,17,18)(H2,14,16,19)/t8?,10-/m0/s1. The highest BCUT2D eigenvalue weighted by molar-refractivity contribution is 5.82. The van der Waals surface area contributed by atoms with Crippen LogP contribution in [0.5, 0.6) is 0 Å². The lowest BCUT2D eigenvalue weighted by Gasteiger charge is -2.20. The predicted molar refractivity (Wildman–Crippen MR) is 68.3 cm³/mol. The van der Waals surface area contributed by atoms with Crippen LogP contribution >= 0.6 is 0 Å². The Kier molecular flexibility index (Phi) is 5.72. The summed E-state index contributed by atoms with van der Waals surface area (Å²) in [6.45, 7) is 3.88. The molecule has 19 heavy (non-hydrogen) atoms. The summed E-state index contributed by atoms with van der Waals surface area (Å²) < 4.78 is 0. The minimum Gasteiger partial charge on any atom is -0.480 e. The first-order valence-electron chi connectivity index (χ1n) is 6.06. The maximum Gasteiger partial charge on any atom is 0.326 e. The Morgan fingerprint density at radius 1 is 1.47 bits per heavy atom. The van der Waals surface area contributed by atoms with E-state index in [2.05, 4.69) is 20.6 Å². The number of rotatable bonds is 6. The number of carboxylic acids is 1. The molecule has 1 unspecified atom stereocenters. The van der Waals surface area contributed by atoms with Gasteiger partial charge in [-0.3, -0.25) is 0 Å². The molecule has 0 aliphatic carbocycles. The summed E-state index contributed by atoms with van der Waals surface area (Å²) in [7, 11) is 0. The van der Waals surface area contributed by atoms with Gasteiger partial charge in [0.1, 0.15) is 12.4 Å². The fourth-order valence-electron chi connectivity index (χ4n) is 1.47. The average Bonchev–Trinajstić information content (AvgIpc) is 2.42. The van der Waals surface area contributed by atoms with Crippen LogP contribution < -0.4 is 10.6 Å². The van der Waals surface area contributed by atoms with Crippen molar-refractivity contribution in [3.05, 3.63) is 24.3 Å². The maximum atomic E-state index is 11.6. The molecule has 0 bridgehead atoms. The van der Waals surface area contributed by atoms with E-state index in [1.807, 2.05) is 6.92 Å². The van der Waals surface area contributed by atoms with Crippen molar-refractivity contribution in [1.82, 2.24) is 20.6 Å². The molecule has 1 heterocycles. The lowest BCUT2D eigenvalue weighted by Crippen LogP contribution is -2.48. The lowest BCUT2D eigenvalue weighted by atomic mass is 9.99. The maximum absolute atomic E-state index is 11.6. The molecule has 0 spiro atoms. The van der Waals surface area contributed by atoms with Crippen LogP contribution in [0.4, 0.5) is 4.79 Å². The van der Waals surface area contributed by atoms with Crippen molar-refractivity contribution < 1.29 is 14.7 Å². The van der Waals surface area contributed by atoms with Gasteiger partial charge in [-0.2, -0.15) is 0 Å². The Labute approximate surface area is 111 Å². The van der Waals surface area contributed by atoms with Crippen molar-refractivity contribution in [3.63, 3.8) is 0 Å². The number of aliphatic carboxylic acids is 1. The number of carboxylic acid groups (broad SMARTS) is 1. The highest BCUT2D eigenvalue weighted by atomic mass is 16.4. The molecule has 7 nitrogen and oxygen atoms in total. The number of carbonyl (C=O) groups excluding carboxylic acids is 1. The second kappa shape index (κ2) is 7.30. The minimum atomic E-state index is -1.04. The zero-order chi connectivity index (χ0) is 14.3. The van der Waals surface area contributed by atoms with Gasteiger partial charge in [0.25, 0.3) is 0 Å². The molecule has 1 rings (SSSR count). The van der Waals surface area contributed by atoms with Crippen LogP contribution in [-0.4, -0.2) is 33.1 Å². The molecule has 1 aromatic rings. The summed E-state index contributed by atoms with van der Waals surface area (Å²) in [5.41, 5.74) is 0.653. The summed E-state index contributed by atoms with van der Waals surface area (Å²) in [4.78, 5) is 30.4. The summed E-state index contributed by atoms with van der Waals surface area (Å²) >= 11 is 0. The number of nitrogens with one attached hydrogen (secondary N) is 2. The van der Waals surface area contributed by atoms with E-state index in [1.54, 1.807) is 19.2 Å². The van der Waals surface area contributed by atoms with E-state index in [4.69, 9.17) is 5.11 Å². The monoisotopic (exact) mass is 266 g/mol. The van der Waals surface area contributed by atoms with Gasteiger partial charge in [-0.05, 0) is 12.0 Å². The lowest BCUT2D eigenvalue weighted by molar-refractivity contribution is -0.140. The average molecular weight is 266 g/mol. The van der Waals surface area contributed by atoms with E-state index in [0.717, 1.165) is 0 Å². The van der Waals surface area contributed by atoms with Crippen LogP contribution in [0.15, 0.2) is 18.6 Å². The first-order chi connectivity index (χ1) is 9.04. The normalized spacial score (nSPS) is 13.4. The van der Waals surface area contributed by atoms with Crippen LogP contribution in [-0.2, 0) is 11.3 Å². The van der Waals surface area contributed by atoms with Crippen molar-refractivity contribution in [1.29, 1.82) is 0 Å². The summed E-state index contributed by atoms with van der Waals surface area (Å²) in [6, 6.07) is 0.255. The van der Waals surface area contributed by atoms with E-state index >= 15 is 0 Å². The number of amides is 2. The molecule has 0 fully saturated rings. The summed E-state index contributed by atoms with van der Waals surface area (Å²) in [6.07, 6.45) is 3.62. The van der Waals surface area contributed by atoms with Crippen LogP contribution in [0.3, 0.4) is 0 Å². The summed E-state index contributed by atoms with van der Waals surface area (Å²) in [5, 5.41) is 14.0. The van der Waals surface area contributed by atoms with Crippen LogP contribution in [0, 0.1) is 5.92 Å². The molecule has 0 aromatic carbocycles. The molecule has 7 heteroatoms. The minimum absolute atomic E-state index is 0.137. The molecule has 1 aromatic heterocycles. The molecule has 104 valence electrons. The van der Waals surface area contributed by atoms with Crippen LogP contribution in [0.1, 0.15) is 26.0 Å². The Morgan fingerprint density at radius 3 is 2.74 bits per heavy atom. The zero-order valence-electron chi connectivity index (χ0n) is 11.0. The SMILES string of the molecule is CCC(C)[C@H](NC(=O)NCc1ccncn1)C(=O)O. The van der Waals surface area contributed by atoms with Gasteiger partial charge in [-0.25, -0.2) is 19.6 Å². The fraction of sp³-hybridized carbons (Fsp3) is 0.500. The first-order valence-corrected chi connectivity index (χ1v) is 6.06. The number of urea groups is 1. The number of aromatic nitrogens is 2. The van der Waals surface area contributed by atoms with Crippen molar-refractivity contribution in [3.8, 4) is 0 Å². The molecule has 0 aliphatic rings. The number of hydrogen-bond donors (Lipinski definition) is 3. The smallest absolute Gasteiger partial charge is 0.326 e. The van der Waals surface area contributed by atoms with E-state index in [1.165, 1.54) is 6.33 Å². The third-order valence-corrected chi connectivity index (χ3v) is 2.84. The Morgan fingerprint density at radius 2 is 2.21 bits per heavy atom. The molecule has 0 aliphatic heterocycles. The van der Waals surface area contributed by atoms with Gasteiger partial charge in [-0.1, -0.05) is 20.3 Å². The highest BCUT2D eigenvalue weighted by Crippen LogP contribution is 2.07. The van der Waals surface area contributed by atoms with E-state index in [9.17, 15) is 9.59 Å². The van der Waals surface area contributed by atoms with Crippen LogP contribution in [0.2, 0.25) is 0 Å². The van der Waals surface area contributed by atoms with Crippen molar-refractivity contribution >= 4 is 12.0 Å². The van der Waals surface area contributed by atoms with Gasteiger partial charge < -0.3 is 15.7 Å². The van der Waals surface area contributed by atoms with Crippen molar-refractivity contribution in [2.24, 2.45) is 5.92 Å². The Balaban J connectivity index is 2.47. The van der Waals surface area contributed by atoms with Crippen LogP contribution in [0.25, 0.3) is 0 Å². The molecular formula is C12H18N4O3. The second-order valence-electron chi connectivity index (χ2n) is 4.23. The van der Waals surface area contributed by atoms with Gasteiger partial charge >= 0.3 is 12.0 Å². The van der Waals surface area contributed by atoms with Gasteiger partial charge in [0.2, 0.25) is 0 Å². The summed E-state index contributed by atoms with van der Waals surface area (Å²) in [5.74, 6) is -1.17. The largest absolute Gasteiger partial charge is 0.480 e. The highest BCUT2D eigenvalue weighted by Gasteiger charge is 2.25. The number of hydrogen-bond acceptors (Lipinski definition) is 4. The fourth-order valence-corrected chi connectivity index (χ4v) is 1.47. The number of nitrogens with zero attached hydrogens (tertiary/aromatic N) is 2. The molecule has 0 saturated heterocycles. The van der Waals surface area contributed by atoms with Gasteiger partial charge in [0, 0.05) is 6.20 Å². The second-order valence-corrected chi connectivity index (χ2v) is 4.23.